The highest BCUT2D eigenvalue weighted by atomic mass is 16.4. The molecule has 1 aliphatic carbocycles. The maximum absolute atomic E-state index is 11.2. The number of rotatable bonds is 3. The van der Waals surface area contributed by atoms with E-state index in [2.05, 4.69) is 4.98 Å². The van der Waals surface area contributed by atoms with Gasteiger partial charge in [-0.25, -0.2) is 0 Å². The second-order valence-electron chi connectivity index (χ2n) is 4.08. The highest BCUT2D eigenvalue weighted by molar-refractivity contribution is 5.77. The fraction of sp³-hybridized carbons (Fsp3) is 0.455. The molecule has 0 aromatic carbocycles. The van der Waals surface area contributed by atoms with Crippen LogP contribution in [-0.2, 0) is 4.79 Å². The number of carboxylic acid groups (broad SMARTS) is 1. The zero-order valence-electron chi connectivity index (χ0n) is 8.39. The Bertz CT molecular complexity index is 360. The van der Waals surface area contributed by atoms with E-state index in [0.29, 0.717) is 12.8 Å². The number of nitrogens with two attached hydrogens (primary N) is 1. The third-order valence-electron chi connectivity index (χ3n) is 3.31. The summed E-state index contributed by atoms with van der Waals surface area (Å²) in [6.07, 6.45) is 5.58. The SMILES string of the molecule is NC(c1cccnc1)C1(C(=O)O)CCC1. The molecule has 0 amide bonds. The Kier molecular flexibility index (Phi) is 2.44. The molecule has 1 aromatic heterocycles. The molecule has 1 aliphatic rings. The molecule has 1 heterocycles. The van der Waals surface area contributed by atoms with Crippen LogP contribution < -0.4 is 5.73 Å². The molecule has 0 saturated heterocycles. The molecule has 0 bridgehead atoms. The number of hydrogen-bond donors (Lipinski definition) is 2. The second kappa shape index (κ2) is 3.62. The van der Waals surface area contributed by atoms with Crippen molar-refractivity contribution in [3.63, 3.8) is 0 Å². The van der Waals surface area contributed by atoms with Crippen LogP contribution in [0.15, 0.2) is 24.5 Å². The average Bonchev–Trinajstić information content (AvgIpc) is 2.16. The van der Waals surface area contributed by atoms with E-state index >= 15 is 0 Å². The van der Waals surface area contributed by atoms with Gasteiger partial charge in [-0.2, -0.15) is 0 Å². The Morgan fingerprint density at radius 3 is 2.73 bits per heavy atom. The van der Waals surface area contributed by atoms with E-state index in [-0.39, 0.29) is 0 Å². The normalized spacial score (nSPS) is 20.3. The van der Waals surface area contributed by atoms with Crippen LogP contribution in [0.25, 0.3) is 0 Å². The second-order valence-corrected chi connectivity index (χ2v) is 4.08. The van der Waals surface area contributed by atoms with Crippen molar-refractivity contribution in [2.24, 2.45) is 11.1 Å². The molecule has 1 atom stereocenters. The van der Waals surface area contributed by atoms with Crippen molar-refractivity contribution >= 4 is 5.97 Å². The summed E-state index contributed by atoms with van der Waals surface area (Å²) in [5.41, 5.74) is 6.06. The van der Waals surface area contributed by atoms with Gasteiger partial charge in [0.15, 0.2) is 0 Å². The average molecular weight is 206 g/mol. The molecule has 0 spiro atoms. The summed E-state index contributed by atoms with van der Waals surface area (Å²) in [6, 6.07) is 3.17. The van der Waals surface area contributed by atoms with Crippen LogP contribution >= 0.6 is 0 Å². The standard InChI is InChI=1S/C11H14N2O2/c12-9(8-3-1-6-13-7-8)11(10(14)15)4-2-5-11/h1,3,6-7,9H,2,4-5,12H2,(H,14,15). The first-order valence-electron chi connectivity index (χ1n) is 5.06. The first-order valence-corrected chi connectivity index (χ1v) is 5.06. The van der Waals surface area contributed by atoms with E-state index in [9.17, 15) is 9.90 Å². The molecule has 3 N–H and O–H groups in total. The number of nitrogens with zero attached hydrogens (tertiary/aromatic N) is 1. The molecule has 1 aromatic rings. The van der Waals surface area contributed by atoms with Gasteiger partial charge in [0.2, 0.25) is 0 Å². The smallest absolute Gasteiger partial charge is 0.311 e. The quantitative estimate of drug-likeness (QED) is 0.782. The van der Waals surface area contributed by atoms with Gasteiger partial charge < -0.3 is 10.8 Å². The molecule has 0 radical (unpaired) electrons. The lowest BCUT2D eigenvalue weighted by atomic mass is 9.63. The predicted octanol–water partition coefficient (Wildman–Crippen LogP) is 1.34. The Hall–Kier alpha value is -1.42. The summed E-state index contributed by atoms with van der Waals surface area (Å²) in [7, 11) is 0. The van der Waals surface area contributed by atoms with Crippen LogP contribution in [0.1, 0.15) is 30.9 Å². The summed E-state index contributed by atoms with van der Waals surface area (Å²) in [6.45, 7) is 0. The molecule has 1 unspecified atom stereocenters. The monoisotopic (exact) mass is 206 g/mol. The maximum Gasteiger partial charge on any atom is 0.311 e. The minimum Gasteiger partial charge on any atom is -0.481 e. The van der Waals surface area contributed by atoms with Crippen molar-refractivity contribution in [3.05, 3.63) is 30.1 Å². The Morgan fingerprint density at radius 1 is 1.60 bits per heavy atom. The van der Waals surface area contributed by atoms with Gasteiger partial charge in [-0.15, -0.1) is 0 Å². The van der Waals surface area contributed by atoms with E-state index in [1.54, 1.807) is 18.5 Å². The summed E-state index contributed by atoms with van der Waals surface area (Å²) >= 11 is 0. The van der Waals surface area contributed by atoms with Gasteiger partial charge in [0, 0.05) is 18.4 Å². The Balaban J connectivity index is 2.27. The third-order valence-corrected chi connectivity index (χ3v) is 3.31. The molecule has 80 valence electrons. The number of hydrogen-bond acceptors (Lipinski definition) is 3. The Labute approximate surface area is 88.1 Å². The zero-order valence-corrected chi connectivity index (χ0v) is 8.39. The minimum atomic E-state index is -0.787. The molecular formula is C11H14N2O2. The summed E-state index contributed by atoms with van der Waals surface area (Å²) in [5.74, 6) is -0.787. The van der Waals surface area contributed by atoms with E-state index in [1.165, 1.54) is 0 Å². The highest BCUT2D eigenvalue weighted by Gasteiger charge is 2.49. The molecule has 0 aliphatic heterocycles. The predicted molar refractivity (Wildman–Crippen MR) is 55.1 cm³/mol. The zero-order chi connectivity index (χ0) is 10.9. The first kappa shape index (κ1) is 10.1. The highest BCUT2D eigenvalue weighted by Crippen LogP contribution is 2.49. The number of aromatic nitrogens is 1. The van der Waals surface area contributed by atoms with Gasteiger partial charge in [0.05, 0.1) is 5.41 Å². The maximum atomic E-state index is 11.2. The molecule has 15 heavy (non-hydrogen) atoms. The third kappa shape index (κ3) is 1.51. The van der Waals surface area contributed by atoms with Gasteiger partial charge >= 0.3 is 5.97 Å². The Morgan fingerprint density at radius 2 is 2.33 bits per heavy atom. The van der Waals surface area contributed by atoms with Crippen LogP contribution in [0.4, 0.5) is 0 Å². The van der Waals surface area contributed by atoms with Crippen LogP contribution in [0.3, 0.4) is 0 Å². The molecular weight excluding hydrogens is 192 g/mol. The van der Waals surface area contributed by atoms with Gasteiger partial charge in [0.25, 0.3) is 0 Å². The van der Waals surface area contributed by atoms with E-state index < -0.39 is 17.4 Å². The van der Waals surface area contributed by atoms with E-state index in [0.717, 1.165) is 12.0 Å². The molecule has 1 saturated carbocycles. The molecule has 1 fully saturated rings. The van der Waals surface area contributed by atoms with Crippen LogP contribution in [0.2, 0.25) is 0 Å². The fourth-order valence-electron chi connectivity index (χ4n) is 2.09. The fourth-order valence-corrected chi connectivity index (χ4v) is 2.09. The lowest BCUT2D eigenvalue weighted by Gasteiger charge is -2.42. The number of aliphatic carboxylic acids is 1. The van der Waals surface area contributed by atoms with Crippen molar-refractivity contribution in [1.29, 1.82) is 0 Å². The molecule has 4 nitrogen and oxygen atoms in total. The first-order chi connectivity index (χ1) is 7.17. The van der Waals surface area contributed by atoms with Crippen molar-refractivity contribution in [2.45, 2.75) is 25.3 Å². The number of carbonyl (C=O) groups is 1. The van der Waals surface area contributed by atoms with Gasteiger partial charge in [-0.1, -0.05) is 12.5 Å². The summed E-state index contributed by atoms with van der Waals surface area (Å²) in [5, 5.41) is 9.22. The lowest BCUT2D eigenvalue weighted by Crippen LogP contribution is -2.46. The van der Waals surface area contributed by atoms with Gasteiger partial charge in [-0.3, -0.25) is 9.78 Å². The van der Waals surface area contributed by atoms with Crippen LogP contribution in [-0.4, -0.2) is 16.1 Å². The van der Waals surface area contributed by atoms with Crippen molar-refractivity contribution in [3.8, 4) is 0 Å². The van der Waals surface area contributed by atoms with Crippen molar-refractivity contribution in [2.75, 3.05) is 0 Å². The van der Waals surface area contributed by atoms with Crippen molar-refractivity contribution < 1.29 is 9.90 Å². The minimum absolute atomic E-state index is 0.447. The number of carboxylic acids is 1. The number of pyridine rings is 1. The summed E-state index contributed by atoms with van der Waals surface area (Å²) < 4.78 is 0. The molecule has 2 rings (SSSR count). The van der Waals surface area contributed by atoms with Gasteiger partial charge in [-0.05, 0) is 24.5 Å². The van der Waals surface area contributed by atoms with E-state index in [1.807, 2.05) is 6.07 Å². The van der Waals surface area contributed by atoms with Gasteiger partial charge in [0.1, 0.15) is 0 Å². The van der Waals surface area contributed by atoms with E-state index in [4.69, 9.17) is 5.73 Å². The lowest BCUT2D eigenvalue weighted by molar-refractivity contribution is -0.156. The van der Waals surface area contributed by atoms with Crippen LogP contribution in [0, 0.1) is 5.41 Å². The molecule has 4 heteroatoms. The van der Waals surface area contributed by atoms with Crippen LogP contribution in [0.5, 0.6) is 0 Å². The van der Waals surface area contributed by atoms with Crippen molar-refractivity contribution in [1.82, 2.24) is 4.98 Å². The largest absolute Gasteiger partial charge is 0.481 e. The summed E-state index contributed by atoms with van der Waals surface area (Å²) in [4.78, 5) is 15.2. The topological polar surface area (TPSA) is 76.2 Å².